The van der Waals surface area contributed by atoms with Crippen molar-refractivity contribution in [1.29, 1.82) is 0 Å². The zero-order valence-electron chi connectivity index (χ0n) is 15.5. The lowest BCUT2D eigenvalue weighted by atomic mass is 10.0. The van der Waals surface area contributed by atoms with Gasteiger partial charge in [-0.05, 0) is 30.2 Å². The molecule has 0 aliphatic rings. The van der Waals surface area contributed by atoms with Crippen LogP contribution in [0, 0.1) is 5.92 Å². The molecule has 28 heavy (non-hydrogen) atoms. The standard InChI is InChI=1S/C18H20N4O4S2/c1-11(2)16(18(23)19-12-6-4-7-13(10-12)26-3)22-28(24,25)15-9-5-8-14-17(15)21-27-20-14/h4-11,16,22H,1-3H3,(H,19,23). The second-order valence-electron chi connectivity index (χ2n) is 6.45. The summed E-state index contributed by atoms with van der Waals surface area (Å²) in [6.07, 6.45) is 0. The maximum absolute atomic E-state index is 12.9. The summed E-state index contributed by atoms with van der Waals surface area (Å²) < 4.78 is 41.7. The van der Waals surface area contributed by atoms with Crippen LogP contribution in [0.4, 0.5) is 5.69 Å². The fourth-order valence-electron chi connectivity index (χ4n) is 2.64. The van der Waals surface area contributed by atoms with Crippen LogP contribution in [0.15, 0.2) is 47.4 Å². The molecule has 1 heterocycles. The van der Waals surface area contributed by atoms with Crippen LogP contribution >= 0.6 is 11.7 Å². The van der Waals surface area contributed by atoms with Crippen LogP contribution in [-0.4, -0.2) is 36.2 Å². The highest BCUT2D eigenvalue weighted by Crippen LogP contribution is 2.22. The number of methoxy groups -OCH3 is 1. The van der Waals surface area contributed by atoms with E-state index in [2.05, 4.69) is 18.8 Å². The number of carbonyl (C=O) groups is 1. The topological polar surface area (TPSA) is 110 Å². The third kappa shape index (κ3) is 4.29. The number of fused-ring (bicyclic) bond motifs is 1. The number of nitrogens with one attached hydrogen (secondary N) is 2. The number of nitrogens with zero attached hydrogens (tertiary/aromatic N) is 2. The van der Waals surface area contributed by atoms with Crippen molar-refractivity contribution in [3.05, 3.63) is 42.5 Å². The molecule has 0 aliphatic heterocycles. The van der Waals surface area contributed by atoms with E-state index in [9.17, 15) is 13.2 Å². The Balaban J connectivity index is 1.85. The highest BCUT2D eigenvalue weighted by Gasteiger charge is 2.30. The predicted octanol–water partition coefficient (Wildman–Crippen LogP) is 2.64. The first-order valence-corrected chi connectivity index (χ1v) is 10.7. The first-order valence-electron chi connectivity index (χ1n) is 8.50. The van der Waals surface area contributed by atoms with E-state index in [4.69, 9.17) is 4.74 Å². The van der Waals surface area contributed by atoms with Gasteiger partial charge in [-0.3, -0.25) is 4.79 Å². The monoisotopic (exact) mass is 420 g/mol. The molecule has 0 aliphatic carbocycles. The lowest BCUT2D eigenvalue weighted by Crippen LogP contribution is -2.47. The maximum atomic E-state index is 12.9. The fraction of sp³-hybridized carbons (Fsp3) is 0.278. The Labute approximate surface area is 167 Å². The summed E-state index contributed by atoms with van der Waals surface area (Å²) in [6, 6.07) is 10.6. The van der Waals surface area contributed by atoms with Gasteiger partial charge in [0.2, 0.25) is 15.9 Å². The van der Waals surface area contributed by atoms with Gasteiger partial charge in [0, 0.05) is 11.8 Å². The van der Waals surface area contributed by atoms with Gasteiger partial charge in [0.25, 0.3) is 0 Å². The Morgan fingerprint density at radius 2 is 1.89 bits per heavy atom. The number of benzene rings is 2. The van der Waals surface area contributed by atoms with Crippen LogP contribution in [0.5, 0.6) is 5.75 Å². The average molecular weight is 421 g/mol. The Bertz CT molecular complexity index is 1100. The van der Waals surface area contributed by atoms with Crippen LogP contribution in [0.3, 0.4) is 0 Å². The van der Waals surface area contributed by atoms with Gasteiger partial charge in [0.1, 0.15) is 27.7 Å². The van der Waals surface area contributed by atoms with E-state index in [0.717, 1.165) is 11.7 Å². The smallest absolute Gasteiger partial charge is 0.243 e. The molecule has 2 aromatic carbocycles. The molecule has 2 N–H and O–H groups in total. The minimum absolute atomic E-state index is 0.00131. The van der Waals surface area contributed by atoms with Crippen LogP contribution < -0.4 is 14.8 Å². The first kappa shape index (κ1) is 20.2. The van der Waals surface area contributed by atoms with Crippen LogP contribution in [-0.2, 0) is 14.8 Å². The molecule has 0 bridgehead atoms. The van der Waals surface area contributed by atoms with E-state index in [1.165, 1.54) is 13.2 Å². The van der Waals surface area contributed by atoms with Gasteiger partial charge in [0.05, 0.1) is 18.8 Å². The number of hydrogen-bond donors (Lipinski definition) is 2. The summed E-state index contributed by atoms with van der Waals surface area (Å²) in [5, 5.41) is 2.73. The van der Waals surface area contributed by atoms with Gasteiger partial charge in [-0.25, -0.2) is 8.42 Å². The zero-order chi connectivity index (χ0) is 20.3. The van der Waals surface area contributed by atoms with E-state index in [-0.39, 0.29) is 16.3 Å². The van der Waals surface area contributed by atoms with Crippen molar-refractivity contribution in [3.8, 4) is 5.75 Å². The molecule has 0 fully saturated rings. The summed E-state index contributed by atoms with van der Waals surface area (Å²) in [6.45, 7) is 3.53. The van der Waals surface area contributed by atoms with Crippen molar-refractivity contribution >= 4 is 44.4 Å². The minimum Gasteiger partial charge on any atom is -0.497 e. The van der Waals surface area contributed by atoms with E-state index >= 15 is 0 Å². The molecule has 8 nitrogen and oxygen atoms in total. The molecule has 148 valence electrons. The van der Waals surface area contributed by atoms with Crippen LogP contribution in [0.25, 0.3) is 11.0 Å². The van der Waals surface area contributed by atoms with Gasteiger partial charge >= 0.3 is 0 Å². The summed E-state index contributed by atoms with van der Waals surface area (Å²) in [7, 11) is -2.45. The second-order valence-corrected chi connectivity index (χ2v) is 8.66. The summed E-state index contributed by atoms with van der Waals surface area (Å²) in [5.74, 6) is -0.161. The van der Waals surface area contributed by atoms with Gasteiger partial charge in [-0.15, -0.1) is 0 Å². The van der Waals surface area contributed by atoms with Gasteiger partial charge in [-0.1, -0.05) is 26.0 Å². The Hall–Kier alpha value is -2.56. The Morgan fingerprint density at radius 3 is 2.61 bits per heavy atom. The maximum Gasteiger partial charge on any atom is 0.243 e. The summed E-state index contributed by atoms with van der Waals surface area (Å²) >= 11 is 0.937. The number of aromatic nitrogens is 2. The molecule has 1 amide bonds. The molecule has 1 atom stereocenters. The lowest BCUT2D eigenvalue weighted by Gasteiger charge is -2.22. The molecule has 1 unspecified atom stereocenters. The summed E-state index contributed by atoms with van der Waals surface area (Å²) in [4.78, 5) is 12.8. The highest BCUT2D eigenvalue weighted by molar-refractivity contribution is 7.89. The number of ether oxygens (including phenoxy) is 1. The quantitative estimate of drug-likeness (QED) is 0.608. The van der Waals surface area contributed by atoms with Crippen molar-refractivity contribution in [2.45, 2.75) is 24.8 Å². The average Bonchev–Trinajstić information content (AvgIpc) is 3.14. The predicted molar refractivity (Wildman–Crippen MR) is 108 cm³/mol. The number of carbonyl (C=O) groups excluding carboxylic acids is 1. The fourth-order valence-corrected chi connectivity index (χ4v) is 4.75. The minimum atomic E-state index is -3.98. The third-order valence-corrected chi connectivity index (χ3v) is 6.12. The third-order valence-electron chi connectivity index (χ3n) is 4.11. The molecule has 0 saturated heterocycles. The number of sulfonamides is 1. The number of hydrogen-bond acceptors (Lipinski definition) is 7. The first-order chi connectivity index (χ1) is 13.3. The highest BCUT2D eigenvalue weighted by atomic mass is 32.2. The molecular formula is C18H20N4O4S2. The largest absolute Gasteiger partial charge is 0.497 e. The summed E-state index contributed by atoms with van der Waals surface area (Å²) in [5.41, 5.74) is 1.30. The van der Waals surface area contributed by atoms with Gasteiger partial charge in [0.15, 0.2) is 0 Å². The molecule has 3 aromatic rings. The van der Waals surface area contributed by atoms with Crippen molar-refractivity contribution in [2.75, 3.05) is 12.4 Å². The van der Waals surface area contributed by atoms with Crippen molar-refractivity contribution in [2.24, 2.45) is 5.92 Å². The van der Waals surface area contributed by atoms with E-state index in [0.29, 0.717) is 17.0 Å². The molecule has 0 saturated carbocycles. The van der Waals surface area contributed by atoms with Gasteiger partial charge < -0.3 is 10.1 Å². The zero-order valence-corrected chi connectivity index (χ0v) is 17.2. The van der Waals surface area contributed by atoms with Crippen molar-refractivity contribution in [1.82, 2.24) is 13.5 Å². The number of amides is 1. The number of rotatable bonds is 7. The second kappa shape index (κ2) is 8.21. The molecule has 3 rings (SSSR count). The Kier molecular flexibility index (Phi) is 5.92. The van der Waals surface area contributed by atoms with E-state index in [1.807, 2.05) is 0 Å². The molecule has 1 aromatic heterocycles. The molecular weight excluding hydrogens is 400 g/mol. The van der Waals surface area contributed by atoms with E-state index < -0.39 is 22.0 Å². The normalized spacial score (nSPS) is 12.9. The molecule has 0 spiro atoms. The number of anilines is 1. The van der Waals surface area contributed by atoms with Crippen LogP contribution in [0.1, 0.15) is 13.8 Å². The molecule has 10 heteroatoms. The van der Waals surface area contributed by atoms with Crippen molar-refractivity contribution in [3.63, 3.8) is 0 Å². The van der Waals surface area contributed by atoms with Crippen LogP contribution in [0.2, 0.25) is 0 Å². The lowest BCUT2D eigenvalue weighted by molar-refractivity contribution is -0.118. The SMILES string of the molecule is COc1cccc(NC(=O)C(NS(=O)(=O)c2cccc3nsnc23)C(C)C)c1. The van der Waals surface area contributed by atoms with Crippen molar-refractivity contribution < 1.29 is 17.9 Å². The molecule has 0 radical (unpaired) electrons. The Morgan fingerprint density at radius 1 is 1.14 bits per heavy atom. The van der Waals surface area contributed by atoms with E-state index in [1.54, 1.807) is 50.2 Å². The van der Waals surface area contributed by atoms with Gasteiger partial charge in [-0.2, -0.15) is 13.5 Å².